The largest absolute Gasteiger partial charge is 0.493 e. The number of nitrogens with zero attached hydrogens (tertiary/aromatic N) is 1. The van der Waals surface area contributed by atoms with E-state index < -0.39 is 0 Å². The molecule has 0 spiro atoms. The summed E-state index contributed by atoms with van der Waals surface area (Å²) in [6, 6.07) is 8.41. The van der Waals surface area contributed by atoms with Gasteiger partial charge < -0.3 is 14.8 Å². The van der Waals surface area contributed by atoms with E-state index in [0.717, 1.165) is 24.4 Å². The van der Waals surface area contributed by atoms with E-state index in [0.29, 0.717) is 30.6 Å². The number of carbonyl (C=O) groups excluding carboxylic acids is 1. The fourth-order valence-corrected chi connectivity index (χ4v) is 4.88. The molecule has 1 aromatic carbocycles. The fraction of sp³-hybridized carbons (Fsp3) is 0.476. The van der Waals surface area contributed by atoms with Crippen molar-refractivity contribution in [2.45, 2.75) is 31.8 Å². The van der Waals surface area contributed by atoms with Crippen LogP contribution in [0.4, 0.5) is 0 Å². The van der Waals surface area contributed by atoms with Gasteiger partial charge in [0, 0.05) is 24.0 Å². The number of carbonyl (C=O) groups is 1. The van der Waals surface area contributed by atoms with Crippen molar-refractivity contribution in [3.8, 4) is 11.5 Å². The zero-order chi connectivity index (χ0) is 18.8. The molecular weight excluding hydrogens is 360 g/mol. The Labute approximate surface area is 164 Å². The normalized spacial score (nSPS) is 19.4. The second-order valence-corrected chi connectivity index (χ2v) is 8.27. The number of nitrogens with one attached hydrogen (secondary N) is 1. The van der Waals surface area contributed by atoms with Crippen LogP contribution in [-0.2, 0) is 17.8 Å². The Morgan fingerprint density at radius 2 is 2.04 bits per heavy atom. The Morgan fingerprint density at radius 3 is 2.78 bits per heavy atom. The monoisotopic (exact) mass is 386 g/mol. The minimum atomic E-state index is 0.0779. The maximum Gasteiger partial charge on any atom is 0.234 e. The summed E-state index contributed by atoms with van der Waals surface area (Å²) in [6.45, 7) is 1.92. The quantitative estimate of drug-likeness (QED) is 0.793. The Balaban J connectivity index is 1.37. The third kappa shape index (κ3) is 3.96. The molecular formula is C21H26N2O3S. The number of hydrogen-bond acceptors (Lipinski definition) is 5. The van der Waals surface area contributed by atoms with Crippen LogP contribution in [0.25, 0.3) is 0 Å². The molecule has 1 amide bonds. The van der Waals surface area contributed by atoms with Crippen LogP contribution < -0.4 is 14.8 Å². The first-order valence-electron chi connectivity index (χ1n) is 9.47. The third-order valence-corrected chi connectivity index (χ3v) is 6.47. The van der Waals surface area contributed by atoms with Gasteiger partial charge in [0.2, 0.25) is 5.91 Å². The summed E-state index contributed by atoms with van der Waals surface area (Å²) in [5, 5.41) is 5.25. The summed E-state index contributed by atoms with van der Waals surface area (Å²) < 4.78 is 10.6. The van der Waals surface area contributed by atoms with Crippen molar-refractivity contribution in [1.29, 1.82) is 0 Å². The van der Waals surface area contributed by atoms with Crippen LogP contribution in [0.3, 0.4) is 0 Å². The lowest BCUT2D eigenvalue weighted by molar-refractivity contribution is -0.123. The lowest BCUT2D eigenvalue weighted by Gasteiger charge is -2.35. The predicted octanol–water partition coefficient (Wildman–Crippen LogP) is 3.39. The van der Waals surface area contributed by atoms with Crippen LogP contribution in [0, 0.1) is 5.92 Å². The average Bonchev–Trinajstić information content (AvgIpc) is 3.41. The van der Waals surface area contributed by atoms with E-state index in [1.54, 1.807) is 14.2 Å². The molecule has 1 saturated carbocycles. The highest BCUT2D eigenvalue weighted by Crippen LogP contribution is 2.48. The lowest BCUT2D eigenvalue weighted by atomic mass is 9.96. The van der Waals surface area contributed by atoms with E-state index in [1.165, 1.54) is 23.3 Å². The smallest absolute Gasteiger partial charge is 0.234 e. The van der Waals surface area contributed by atoms with Crippen LogP contribution in [0.15, 0.2) is 29.6 Å². The van der Waals surface area contributed by atoms with Crippen molar-refractivity contribution in [3.05, 3.63) is 45.6 Å². The number of fused-ring (bicyclic) bond motifs is 1. The van der Waals surface area contributed by atoms with Gasteiger partial charge in [-0.1, -0.05) is 6.07 Å². The van der Waals surface area contributed by atoms with Crippen molar-refractivity contribution in [2.24, 2.45) is 5.92 Å². The lowest BCUT2D eigenvalue weighted by Crippen LogP contribution is -2.42. The molecule has 0 radical (unpaired) electrons. The topological polar surface area (TPSA) is 50.8 Å². The number of benzene rings is 1. The van der Waals surface area contributed by atoms with Gasteiger partial charge in [-0.05, 0) is 59.9 Å². The van der Waals surface area contributed by atoms with Gasteiger partial charge in [0.05, 0.1) is 20.8 Å². The van der Waals surface area contributed by atoms with Gasteiger partial charge in [0.1, 0.15) is 0 Å². The van der Waals surface area contributed by atoms with Crippen LogP contribution in [0.2, 0.25) is 0 Å². The van der Waals surface area contributed by atoms with Crippen molar-refractivity contribution in [3.63, 3.8) is 0 Å². The van der Waals surface area contributed by atoms with Crippen molar-refractivity contribution < 1.29 is 14.3 Å². The van der Waals surface area contributed by atoms with E-state index in [-0.39, 0.29) is 5.91 Å². The van der Waals surface area contributed by atoms with Gasteiger partial charge >= 0.3 is 0 Å². The highest BCUT2D eigenvalue weighted by molar-refractivity contribution is 7.10. The fourth-order valence-electron chi connectivity index (χ4n) is 3.97. The minimum Gasteiger partial charge on any atom is -0.493 e. The SMILES string of the molecule is COc1ccc(CNC(=O)CN2CCc3sccc3[C@@H]2C2CC2)cc1OC. The first-order valence-corrected chi connectivity index (χ1v) is 10.4. The maximum atomic E-state index is 12.6. The van der Waals surface area contributed by atoms with Gasteiger partial charge in [0.25, 0.3) is 0 Å². The molecule has 0 bridgehead atoms. The number of rotatable bonds is 7. The molecule has 6 heteroatoms. The number of amides is 1. The molecule has 1 fully saturated rings. The van der Waals surface area contributed by atoms with E-state index in [2.05, 4.69) is 21.7 Å². The Morgan fingerprint density at radius 1 is 1.22 bits per heavy atom. The molecule has 2 aromatic rings. The van der Waals surface area contributed by atoms with Crippen molar-refractivity contribution in [2.75, 3.05) is 27.3 Å². The Hall–Kier alpha value is -2.05. The molecule has 27 heavy (non-hydrogen) atoms. The molecule has 0 saturated heterocycles. The van der Waals surface area contributed by atoms with Gasteiger partial charge in [-0.2, -0.15) is 0 Å². The molecule has 2 heterocycles. The van der Waals surface area contributed by atoms with Crippen molar-refractivity contribution in [1.82, 2.24) is 10.2 Å². The van der Waals surface area contributed by atoms with Crippen molar-refractivity contribution >= 4 is 17.2 Å². The Bertz CT molecular complexity index is 816. The molecule has 1 atom stereocenters. The highest BCUT2D eigenvalue weighted by Gasteiger charge is 2.40. The first-order chi connectivity index (χ1) is 13.2. The molecule has 1 aliphatic heterocycles. The van der Waals surface area contributed by atoms with E-state index in [9.17, 15) is 4.79 Å². The van der Waals surface area contributed by atoms with Crippen LogP contribution >= 0.6 is 11.3 Å². The summed E-state index contributed by atoms with van der Waals surface area (Å²) >= 11 is 1.86. The molecule has 5 nitrogen and oxygen atoms in total. The molecule has 4 rings (SSSR count). The summed E-state index contributed by atoms with van der Waals surface area (Å²) in [7, 11) is 3.24. The van der Waals surface area contributed by atoms with Crippen LogP contribution in [0.1, 0.15) is 34.9 Å². The van der Waals surface area contributed by atoms with E-state index in [4.69, 9.17) is 9.47 Å². The van der Waals surface area contributed by atoms with Gasteiger partial charge in [-0.25, -0.2) is 0 Å². The van der Waals surface area contributed by atoms with Gasteiger partial charge in [0.15, 0.2) is 11.5 Å². The molecule has 2 aliphatic rings. The second kappa shape index (κ2) is 7.90. The summed E-state index contributed by atoms with van der Waals surface area (Å²) in [6.07, 6.45) is 3.62. The first kappa shape index (κ1) is 18.3. The number of ether oxygens (including phenoxy) is 2. The molecule has 0 unspecified atom stereocenters. The van der Waals surface area contributed by atoms with Crippen LogP contribution in [0.5, 0.6) is 11.5 Å². The predicted molar refractivity (Wildman–Crippen MR) is 106 cm³/mol. The third-order valence-electron chi connectivity index (χ3n) is 5.47. The zero-order valence-corrected chi connectivity index (χ0v) is 16.7. The standard InChI is InChI=1S/C21H26N2O3S/c1-25-17-6-3-14(11-18(17)26-2)12-22-20(24)13-23-9-7-19-16(8-10-27-19)21(23)15-4-5-15/h3,6,8,10-11,15,21H,4-5,7,9,12-13H2,1-2H3,(H,22,24)/t21-/m0/s1. The van der Waals surface area contributed by atoms with E-state index >= 15 is 0 Å². The van der Waals surface area contributed by atoms with Gasteiger partial charge in [-0.15, -0.1) is 11.3 Å². The molecule has 1 N–H and O–H groups in total. The number of thiophene rings is 1. The second-order valence-electron chi connectivity index (χ2n) is 7.27. The minimum absolute atomic E-state index is 0.0779. The van der Waals surface area contributed by atoms with E-state index in [1.807, 2.05) is 29.5 Å². The Kier molecular flexibility index (Phi) is 5.36. The average molecular weight is 387 g/mol. The zero-order valence-electron chi connectivity index (χ0n) is 15.9. The van der Waals surface area contributed by atoms with Crippen LogP contribution in [-0.4, -0.2) is 38.1 Å². The maximum absolute atomic E-state index is 12.6. The molecule has 1 aliphatic carbocycles. The summed E-state index contributed by atoms with van der Waals surface area (Å²) in [5.41, 5.74) is 2.46. The summed E-state index contributed by atoms with van der Waals surface area (Å²) in [5.74, 6) is 2.17. The molecule has 1 aromatic heterocycles. The number of hydrogen-bond donors (Lipinski definition) is 1. The highest BCUT2D eigenvalue weighted by atomic mass is 32.1. The van der Waals surface area contributed by atoms with Gasteiger partial charge in [-0.3, -0.25) is 9.69 Å². The summed E-state index contributed by atoms with van der Waals surface area (Å²) in [4.78, 5) is 16.5. The molecule has 144 valence electrons. The number of methoxy groups -OCH3 is 2.